The van der Waals surface area contributed by atoms with Crippen LogP contribution in [-0.4, -0.2) is 211 Å². The normalized spacial score (nSPS) is 34.4. The highest BCUT2D eigenvalue weighted by atomic mass is 16.8. The van der Waals surface area contributed by atoms with Gasteiger partial charge in [-0.1, -0.05) is 48.5 Å². The Hall–Kier alpha value is -7.09. The van der Waals surface area contributed by atoms with Gasteiger partial charge in [-0.2, -0.15) is 0 Å². The Morgan fingerprint density at radius 1 is 0.345 bits per heavy atom. The number of hydrogen-bond donors (Lipinski definition) is 3. The molecule has 16 bridgehead atoms. The Morgan fingerprint density at radius 3 is 0.915 bits per heavy atom. The molecule has 3 aliphatic heterocycles. The molecule has 17 saturated carbocycles. The van der Waals surface area contributed by atoms with Gasteiger partial charge in [-0.3, -0.25) is 43.2 Å². The Morgan fingerprint density at radius 2 is 0.627 bits per heavy atom. The predicted molar refractivity (Wildman–Crippen MR) is 519 cm³/mol. The van der Waals surface area contributed by atoms with E-state index < -0.39 is 84.9 Å². The molecule has 31 heteroatoms. The molecule has 20 rings (SSSR count). The third-order valence-electron chi connectivity index (χ3n) is 36.2. The molecular weight excluding hydrogens is 1830 g/mol. The molecule has 20 fully saturated rings. The summed E-state index contributed by atoms with van der Waals surface area (Å²) in [4.78, 5) is 154. The number of aliphatic hydroxyl groups is 3. The molecule has 3 N–H and O–H groups in total. The molecule has 17 unspecified atom stereocenters. The summed E-state index contributed by atoms with van der Waals surface area (Å²) in [5.41, 5.74) is -5.58. The van der Waals surface area contributed by atoms with E-state index in [0.29, 0.717) is 99.5 Å². The third kappa shape index (κ3) is 28.3. The fourth-order valence-electron chi connectivity index (χ4n) is 26.2. The van der Waals surface area contributed by atoms with Crippen LogP contribution in [0.2, 0.25) is 0 Å². The number of fused-ring (bicyclic) bond motifs is 2. The van der Waals surface area contributed by atoms with Gasteiger partial charge in [0.15, 0.2) is 32.2 Å². The largest absolute Gasteiger partial charge is 0.463 e. The van der Waals surface area contributed by atoms with Crippen LogP contribution in [0.1, 0.15) is 378 Å². The van der Waals surface area contributed by atoms with Crippen molar-refractivity contribution in [3.8, 4) is 0 Å². The van der Waals surface area contributed by atoms with Gasteiger partial charge in [0.25, 0.3) is 0 Å². The molecule has 0 radical (unpaired) electrons. The second-order valence-electron chi connectivity index (χ2n) is 51.7. The van der Waals surface area contributed by atoms with Crippen molar-refractivity contribution in [1.82, 2.24) is 0 Å². The average Bonchev–Trinajstić information content (AvgIpc) is 1.56. The summed E-state index contributed by atoms with van der Waals surface area (Å²) >= 11 is 0. The van der Waals surface area contributed by atoms with Gasteiger partial charge >= 0.3 is 77.6 Å². The lowest BCUT2D eigenvalue weighted by atomic mass is 9.48. The Bertz CT molecular complexity index is 4210. The molecule has 0 aromatic heterocycles. The van der Waals surface area contributed by atoms with Crippen LogP contribution in [-0.2, 0) is 133 Å². The summed E-state index contributed by atoms with van der Waals surface area (Å²) < 4.78 is 80.2. The van der Waals surface area contributed by atoms with Crippen molar-refractivity contribution >= 4 is 77.6 Å². The molecule has 20 aliphatic rings. The van der Waals surface area contributed by atoms with Crippen molar-refractivity contribution in [1.29, 1.82) is 0 Å². The highest BCUT2D eigenvalue weighted by Gasteiger charge is 2.67. The molecule has 31 nitrogen and oxygen atoms in total. The van der Waals surface area contributed by atoms with E-state index in [1.165, 1.54) is 32.1 Å². The van der Waals surface area contributed by atoms with Gasteiger partial charge in [0.2, 0.25) is 0 Å². The van der Waals surface area contributed by atoms with E-state index in [0.717, 1.165) is 154 Å². The quantitative estimate of drug-likeness (QED) is 0.0406. The fraction of sp³-hybridized carbons (Fsp3) is 0.883. The van der Waals surface area contributed by atoms with Crippen molar-refractivity contribution in [3.05, 3.63) is 0 Å². The van der Waals surface area contributed by atoms with E-state index in [-0.39, 0.29) is 162 Å². The van der Waals surface area contributed by atoms with Gasteiger partial charge in [0.05, 0.1) is 93.0 Å². The maximum Gasteiger partial charge on any atom is 0.344 e. The van der Waals surface area contributed by atoms with Gasteiger partial charge in [-0.15, -0.1) is 0 Å². The smallest absolute Gasteiger partial charge is 0.344 e. The van der Waals surface area contributed by atoms with Gasteiger partial charge in [0.1, 0.15) is 42.7 Å². The number of carbonyl (C=O) groups is 13. The predicted octanol–water partition coefficient (Wildman–Crippen LogP) is 17.3. The minimum absolute atomic E-state index is 0.00636. The molecule has 3 saturated heterocycles. The maximum atomic E-state index is 12.1. The van der Waals surface area contributed by atoms with Crippen LogP contribution in [0.25, 0.3) is 0 Å². The van der Waals surface area contributed by atoms with E-state index >= 15 is 0 Å². The highest BCUT2D eigenvalue weighted by molar-refractivity contribution is 5.83. The second kappa shape index (κ2) is 44.8. The van der Waals surface area contributed by atoms with Crippen LogP contribution < -0.4 is 0 Å². The summed E-state index contributed by atoms with van der Waals surface area (Å²) in [5, 5.41) is 32.1. The van der Waals surface area contributed by atoms with Gasteiger partial charge < -0.3 is 86.4 Å². The number of hydrogen-bond acceptors (Lipinski definition) is 31. The van der Waals surface area contributed by atoms with Crippen LogP contribution in [0, 0.1) is 125 Å². The third-order valence-corrected chi connectivity index (χ3v) is 36.2. The summed E-state index contributed by atoms with van der Waals surface area (Å²) in [6, 6.07) is 0. The second-order valence-corrected chi connectivity index (χ2v) is 51.7. The summed E-state index contributed by atoms with van der Waals surface area (Å²) in [6.07, 6.45) is 29.2. The number of esters is 13. The fourth-order valence-corrected chi connectivity index (χ4v) is 26.2. The standard InChI is InChI=1S/3C19H30O5.C16H22O6.C14H20O4.C12H22O4.C12H22O2/c3*1-4-17(2,3)16(21)23-10-15(20)24-12-18-6-13-5-14(7-18)9-19(22,8-13)11-18;1-4-16(2,3)15(19)20-7-11(17)21-12-8-5-9-10(6-8)14(18)22-13(9)12;1-4-14(2,3)13(16)18-10-7-5-8-9(6-7)12(15)17-11(8)10;1-6-11(2,3)10(13)14-7-9-8-15-12(4,5)16-9;1-5-11(2,3)10(13)14-12(4)8-6-7-9-12/h3*13-14,22H,4-12H2,1-3H3;8-10,12-13H,4-7H2,1-3H3;7-11H,4-6H2,1-3H3;9H,6-8H2,1-5H3;5-9H2,1-4H3. The molecule has 0 aromatic rings. The lowest BCUT2D eigenvalue weighted by Crippen LogP contribution is -2.57. The number of rotatable bonds is 33. The van der Waals surface area contributed by atoms with Crippen molar-refractivity contribution in [2.24, 2.45) is 125 Å². The van der Waals surface area contributed by atoms with E-state index in [2.05, 4.69) is 6.92 Å². The van der Waals surface area contributed by atoms with Crippen LogP contribution in [0.5, 0.6) is 0 Å². The lowest BCUT2D eigenvalue weighted by Gasteiger charge is -2.59. The summed E-state index contributed by atoms with van der Waals surface area (Å²) in [7, 11) is 0. The van der Waals surface area contributed by atoms with Gasteiger partial charge in [0, 0.05) is 39.9 Å². The van der Waals surface area contributed by atoms with Crippen LogP contribution >= 0.6 is 0 Å². The van der Waals surface area contributed by atoms with Crippen molar-refractivity contribution in [2.45, 2.75) is 437 Å². The summed E-state index contributed by atoms with van der Waals surface area (Å²) in [5.74, 6) is -0.249. The first-order valence-electron chi connectivity index (χ1n) is 53.8. The number of ether oxygens (including phenoxy) is 15. The monoisotopic (exact) mass is 2010 g/mol. The molecule has 0 amide bonds. The van der Waals surface area contributed by atoms with Crippen molar-refractivity contribution in [3.63, 3.8) is 0 Å². The molecule has 0 spiro atoms. The first-order chi connectivity index (χ1) is 65.9. The minimum Gasteiger partial charge on any atom is -0.463 e. The van der Waals surface area contributed by atoms with E-state index in [4.69, 9.17) is 71.1 Å². The Kier molecular flexibility index (Phi) is 36.3. The molecule has 0 aromatic carbocycles. The Balaban J connectivity index is 0.000000159. The molecular formula is C111H176O31. The molecule has 17 atom stereocenters. The zero-order chi connectivity index (χ0) is 105. The van der Waals surface area contributed by atoms with E-state index in [1.807, 2.05) is 104 Å². The van der Waals surface area contributed by atoms with Crippen molar-refractivity contribution in [2.75, 3.05) is 59.5 Å². The van der Waals surface area contributed by atoms with Crippen LogP contribution in [0.3, 0.4) is 0 Å². The molecule has 142 heavy (non-hydrogen) atoms. The van der Waals surface area contributed by atoms with Gasteiger partial charge in [-0.05, 0) is 365 Å². The van der Waals surface area contributed by atoms with Crippen molar-refractivity contribution < 1.29 is 149 Å². The topological polar surface area (TPSA) is 421 Å². The molecule has 806 valence electrons. The molecule has 17 aliphatic carbocycles. The van der Waals surface area contributed by atoms with E-state index in [1.54, 1.807) is 55.4 Å². The Labute approximate surface area is 843 Å². The summed E-state index contributed by atoms with van der Waals surface area (Å²) in [6.45, 7) is 45.6. The van der Waals surface area contributed by atoms with Crippen LogP contribution in [0.15, 0.2) is 0 Å². The average molecular weight is 2010 g/mol. The maximum absolute atomic E-state index is 12.1. The van der Waals surface area contributed by atoms with Crippen LogP contribution in [0.4, 0.5) is 0 Å². The first kappa shape index (κ1) is 115. The zero-order valence-corrected chi connectivity index (χ0v) is 90.3. The first-order valence-corrected chi connectivity index (χ1v) is 53.8. The van der Waals surface area contributed by atoms with E-state index in [9.17, 15) is 77.6 Å². The lowest BCUT2D eigenvalue weighted by molar-refractivity contribution is -0.189. The SMILES string of the molecule is CCC(C)(C)C(=O)OC1(C)CCCC1.CCC(C)(C)C(=O)OC1C2CC3C(=O)OC1C3C2.CCC(C)(C)C(=O)OCC(=O)OC1C2CC3C(=O)OC1C3C2.CCC(C)(C)C(=O)OCC(=O)OCC12CC3CC(CC(O)(C3)C1)C2.CCC(C)(C)C(=O)OCC(=O)OCC12CC3CC(CC(O)(C3)C1)C2.CCC(C)(C)C(=O)OCC(=O)OCC12CC3CC(CC(O)(C3)C1)C2.CCC(C)(C)C(=O)OCC1COC(C)(C)O1. The van der Waals surface area contributed by atoms with Gasteiger partial charge in [-0.25, -0.2) is 19.2 Å². The minimum atomic E-state index is -0.610. The highest BCUT2D eigenvalue weighted by Crippen LogP contribution is 2.65. The number of carbonyl (C=O) groups excluding carboxylic acids is 13. The molecule has 3 heterocycles. The zero-order valence-electron chi connectivity index (χ0n) is 90.3.